The molecular formula is C17H24N2O3. The number of hydrogen-bond donors (Lipinski definition) is 2. The van der Waals surface area contributed by atoms with Crippen molar-refractivity contribution in [2.45, 2.75) is 51.8 Å². The first-order chi connectivity index (χ1) is 10.4. The number of benzene rings is 1. The van der Waals surface area contributed by atoms with E-state index in [2.05, 4.69) is 31.3 Å². The van der Waals surface area contributed by atoms with Gasteiger partial charge in [-0.2, -0.15) is 0 Å². The van der Waals surface area contributed by atoms with E-state index >= 15 is 0 Å². The number of nitrogens with one attached hydrogen (secondary N) is 1. The van der Waals surface area contributed by atoms with E-state index in [1.807, 2.05) is 12.1 Å². The van der Waals surface area contributed by atoms with Gasteiger partial charge in [0.15, 0.2) is 0 Å². The molecule has 5 nitrogen and oxygen atoms in total. The molecule has 1 heterocycles. The number of β-amino-alcohol motifs (C(OH)–C–C–N with tert-alkyl or cyclic N) is 1. The van der Waals surface area contributed by atoms with Crippen molar-refractivity contribution < 1.29 is 14.7 Å². The van der Waals surface area contributed by atoms with Crippen molar-refractivity contribution in [1.82, 2.24) is 10.2 Å². The summed E-state index contributed by atoms with van der Waals surface area (Å²) in [5.41, 5.74) is 2.28. The lowest BCUT2D eigenvalue weighted by molar-refractivity contribution is -0.137. The molecule has 1 aliphatic rings. The summed E-state index contributed by atoms with van der Waals surface area (Å²) in [4.78, 5) is 25.2. The molecule has 22 heavy (non-hydrogen) atoms. The summed E-state index contributed by atoms with van der Waals surface area (Å²) in [6.45, 7) is 6.35. The van der Waals surface area contributed by atoms with E-state index in [1.165, 1.54) is 17.4 Å². The molecule has 0 spiro atoms. The maximum atomic E-state index is 12.2. The van der Waals surface area contributed by atoms with E-state index < -0.39 is 12.1 Å². The van der Waals surface area contributed by atoms with Crippen LogP contribution >= 0.6 is 0 Å². The van der Waals surface area contributed by atoms with Crippen molar-refractivity contribution in [1.29, 1.82) is 0 Å². The summed E-state index contributed by atoms with van der Waals surface area (Å²) < 4.78 is 0. The molecule has 1 saturated heterocycles. The Labute approximate surface area is 131 Å². The van der Waals surface area contributed by atoms with Crippen LogP contribution in [0.4, 0.5) is 0 Å². The number of carbonyl (C=O) groups is 2. The highest BCUT2D eigenvalue weighted by Gasteiger charge is 2.37. The number of hydrogen-bond acceptors (Lipinski definition) is 3. The third-order valence-electron chi connectivity index (χ3n) is 4.10. The van der Waals surface area contributed by atoms with E-state index in [9.17, 15) is 14.7 Å². The minimum Gasteiger partial charge on any atom is -0.391 e. The van der Waals surface area contributed by atoms with Crippen LogP contribution in [0.25, 0.3) is 0 Å². The van der Waals surface area contributed by atoms with Gasteiger partial charge in [-0.3, -0.25) is 9.59 Å². The molecule has 2 rings (SSSR count). The number of aliphatic hydroxyl groups is 1. The third-order valence-corrected chi connectivity index (χ3v) is 4.10. The highest BCUT2D eigenvalue weighted by molar-refractivity contribution is 5.87. The Balaban J connectivity index is 1.93. The second kappa shape index (κ2) is 6.92. The van der Waals surface area contributed by atoms with Gasteiger partial charge in [-0.25, -0.2) is 0 Å². The van der Waals surface area contributed by atoms with E-state index in [1.54, 1.807) is 0 Å². The van der Waals surface area contributed by atoms with Gasteiger partial charge in [0.2, 0.25) is 11.8 Å². The number of nitrogens with zero attached hydrogens (tertiary/aromatic N) is 1. The second-order valence-corrected chi connectivity index (χ2v) is 6.19. The van der Waals surface area contributed by atoms with Crippen LogP contribution in [0.5, 0.6) is 0 Å². The van der Waals surface area contributed by atoms with Gasteiger partial charge in [0.05, 0.1) is 6.10 Å². The molecular weight excluding hydrogens is 280 g/mol. The Morgan fingerprint density at radius 3 is 2.50 bits per heavy atom. The first-order valence-corrected chi connectivity index (χ1v) is 7.70. The summed E-state index contributed by atoms with van der Waals surface area (Å²) >= 11 is 0. The normalized spacial score (nSPS) is 21.2. The Kier molecular flexibility index (Phi) is 5.19. The number of rotatable bonds is 4. The minimum absolute atomic E-state index is 0.182. The first-order valence-electron chi connectivity index (χ1n) is 7.70. The zero-order valence-corrected chi connectivity index (χ0v) is 13.4. The molecule has 2 atom stereocenters. The van der Waals surface area contributed by atoms with Crippen molar-refractivity contribution in [3.8, 4) is 0 Å². The highest BCUT2D eigenvalue weighted by atomic mass is 16.3. The van der Waals surface area contributed by atoms with Gasteiger partial charge in [-0.05, 0) is 17.0 Å². The fourth-order valence-electron chi connectivity index (χ4n) is 2.74. The van der Waals surface area contributed by atoms with Crippen LogP contribution in [0.15, 0.2) is 24.3 Å². The molecule has 1 aromatic rings. The molecule has 5 heteroatoms. The fraction of sp³-hybridized carbons (Fsp3) is 0.529. The van der Waals surface area contributed by atoms with E-state index in [4.69, 9.17) is 0 Å². The Morgan fingerprint density at radius 2 is 1.95 bits per heavy atom. The molecule has 2 N–H and O–H groups in total. The van der Waals surface area contributed by atoms with Crippen molar-refractivity contribution in [2.24, 2.45) is 0 Å². The predicted octanol–water partition coefficient (Wildman–Crippen LogP) is 1.41. The van der Waals surface area contributed by atoms with E-state index in [0.717, 1.165) is 5.56 Å². The summed E-state index contributed by atoms with van der Waals surface area (Å²) in [6.07, 6.45) is -0.317. The standard InChI is InChI=1S/C17H24N2O3/c1-11(2)14-6-4-13(5-7-14)9-18-17(22)16-8-15(21)10-19(16)12(3)20/h4-7,11,15-16,21H,8-10H2,1-3H3,(H,18,22)/t15-,16-/m1/s1. The maximum absolute atomic E-state index is 12.2. The lowest BCUT2D eigenvalue weighted by atomic mass is 10.0. The average molecular weight is 304 g/mol. The smallest absolute Gasteiger partial charge is 0.243 e. The molecule has 0 saturated carbocycles. The molecule has 0 unspecified atom stereocenters. The average Bonchev–Trinajstić information content (AvgIpc) is 2.87. The van der Waals surface area contributed by atoms with Crippen molar-refractivity contribution >= 4 is 11.8 Å². The number of aliphatic hydroxyl groups excluding tert-OH is 1. The van der Waals surface area contributed by atoms with Crippen LogP contribution < -0.4 is 5.32 Å². The summed E-state index contributed by atoms with van der Waals surface area (Å²) in [5, 5.41) is 12.5. The molecule has 0 aromatic heterocycles. The van der Waals surface area contributed by atoms with Crippen LogP contribution in [0.3, 0.4) is 0 Å². The number of carbonyl (C=O) groups excluding carboxylic acids is 2. The lowest BCUT2D eigenvalue weighted by Gasteiger charge is -2.22. The van der Waals surface area contributed by atoms with Crippen LogP contribution in [-0.2, 0) is 16.1 Å². The van der Waals surface area contributed by atoms with Gasteiger partial charge in [0.25, 0.3) is 0 Å². The summed E-state index contributed by atoms with van der Waals surface area (Å²) in [5.74, 6) is 0.0883. The molecule has 0 aliphatic carbocycles. The quantitative estimate of drug-likeness (QED) is 0.883. The fourth-order valence-corrected chi connectivity index (χ4v) is 2.74. The molecule has 2 amide bonds. The Morgan fingerprint density at radius 1 is 1.32 bits per heavy atom. The van der Waals surface area contributed by atoms with Crippen molar-refractivity contribution in [3.05, 3.63) is 35.4 Å². The van der Waals surface area contributed by atoms with Crippen LogP contribution in [0.2, 0.25) is 0 Å². The van der Waals surface area contributed by atoms with Gasteiger partial charge >= 0.3 is 0 Å². The van der Waals surface area contributed by atoms with Crippen molar-refractivity contribution in [2.75, 3.05) is 6.54 Å². The zero-order valence-electron chi connectivity index (χ0n) is 13.4. The van der Waals surface area contributed by atoms with Gasteiger partial charge < -0.3 is 15.3 Å². The summed E-state index contributed by atoms with van der Waals surface area (Å²) in [6, 6.07) is 7.56. The molecule has 1 fully saturated rings. The molecule has 0 bridgehead atoms. The topological polar surface area (TPSA) is 69.6 Å². The second-order valence-electron chi connectivity index (χ2n) is 6.19. The van der Waals surface area contributed by atoms with Crippen LogP contribution in [0, 0.1) is 0 Å². The lowest BCUT2D eigenvalue weighted by Crippen LogP contribution is -2.44. The number of amides is 2. The largest absolute Gasteiger partial charge is 0.391 e. The zero-order chi connectivity index (χ0) is 16.3. The van der Waals surface area contributed by atoms with E-state index in [-0.39, 0.29) is 18.4 Å². The number of likely N-dealkylation sites (tertiary alicyclic amines) is 1. The Bertz CT molecular complexity index is 539. The van der Waals surface area contributed by atoms with Gasteiger partial charge in [-0.15, -0.1) is 0 Å². The van der Waals surface area contributed by atoms with Gasteiger partial charge in [0.1, 0.15) is 6.04 Å². The molecule has 1 aromatic carbocycles. The maximum Gasteiger partial charge on any atom is 0.243 e. The molecule has 1 aliphatic heterocycles. The van der Waals surface area contributed by atoms with Crippen LogP contribution in [-0.4, -0.2) is 40.5 Å². The predicted molar refractivity (Wildman–Crippen MR) is 84.2 cm³/mol. The molecule has 0 radical (unpaired) electrons. The highest BCUT2D eigenvalue weighted by Crippen LogP contribution is 2.18. The SMILES string of the molecule is CC(=O)N1C[C@H](O)C[C@@H]1C(=O)NCc1ccc(C(C)C)cc1. The summed E-state index contributed by atoms with van der Waals surface area (Å²) in [7, 11) is 0. The van der Waals surface area contributed by atoms with Crippen molar-refractivity contribution in [3.63, 3.8) is 0 Å². The van der Waals surface area contributed by atoms with Crippen LogP contribution in [0.1, 0.15) is 44.2 Å². The van der Waals surface area contributed by atoms with E-state index in [0.29, 0.717) is 18.9 Å². The Hall–Kier alpha value is -1.88. The minimum atomic E-state index is -0.620. The molecule has 120 valence electrons. The first kappa shape index (κ1) is 16.5. The van der Waals surface area contributed by atoms with Gasteiger partial charge in [-0.1, -0.05) is 38.1 Å². The third kappa shape index (κ3) is 3.85. The monoisotopic (exact) mass is 304 g/mol. The van der Waals surface area contributed by atoms with Gasteiger partial charge in [0, 0.05) is 26.4 Å².